The maximum absolute atomic E-state index is 9.18. The van der Waals surface area contributed by atoms with Crippen molar-refractivity contribution in [3.8, 4) is 6.07 Å². The first-order chi connectivity index (χ1) is 14.7. The Morgan fingerprint density at radius 3 is 2.37 bits per heavy atom. The SMILES string of the molecule is Cc1cc(C#N)cc(C)c1Nc1ccnc(N(c2ncccn2)C2CCNCC2)n1. The van der Waals surface area contributed by atoms with Crippen molar-refractivity contribution in [3.05, 3.63) is 59.5 Å². The lowest BCUT2D eigenvalue weighted by molar-refractivity contribution is 0.445. The lowest BCUT2D eigenvalue weighted by atomic mass is 10.0. The summed E-state index contributed by atoms with van der Waals surface area (Å²) in [4.78, 5) is 20.3. The van der Waals surface area contributed by atoms with Gasteiger partial charge in [0.2, 0.25) is 11.9 Å². The predicted molar refractivity (Wildman–Crippen MR) is 116 cm³/mol. The van der Waals surface area contributed by atoms with Crippen molar-refractivity contribution >= 4 is 23.4 Å². The molecule has 3 heterocycles. The van der Waals surface area contributed by atoms with Crippen molar-refractivity contribution in [2.75, 3.05) is 23.3 Å². The average Bonchev–Trinajstić information content (AvgIpc) is 2.78. The van der Waals surface area contributed by atoms with E-state index in [-0.39, 0.29) is 6.04 Å². The molecule has 0 unspecified atom stereocenters. The van der Waals surface area contributed by atoms with Crippen molar-refractivity contribution in [1.29, 1.82) is 5.26 Å². The van der Waals surface area contributed by atoms with Crippen LogP contribution in [0.2, 0.25) is 0 Å². The lowest BCUT2D eigenvalue weighted by Gasteiger charge is -2.33. The molecular formula is C22H24N8. The molecule has 1 aromatic carbocycles. The Kier molecular flexibility index (Phi) is 5.82. The third-order valence-corrected chi connectivity index (χ3v) is 5.21. The molecule has 0 saturated carbocycles. The second kappa shape index (κ2) is 8.84. The van der Waals surface area contributed by atoms with Crippen molar-refractivity contribution in [2.24, 2.45) is 0 Å². The Morgan fingerprint density at radius 1 is 1.03 bits per heavy atom. The number of nitriles is 1. The second-order valence-corrected chi connectivity index (χ2v) is 7.36. The predicted octanol–water partition coefficient (Wildman–Crippen LogP) is 3.39. The first kappa shape index (κ1) is 19.7. The minimum absolute atomic E-state index is 0.224. The number of nitrogens with zero attached hydrogens (tertiary/aromatic N) is 6. The van der Waals surface area contributed by atoms with Crippen LogP contribution in [0.3, 0.4) is 0 Å². The number of hydrogen-bond acceptors (Lipinski definition) is 8. The number of benzene rings is 1. The minimum Gasteiger partial charge on any atom is -0.340 e. The first-order valence-electron chi connectivity index (χ1n) is 10.0. The van der Waals surface area contributed by atoms with E-state index in [9.17, 15) is 5.26 Å². The summed E-state index contributed by atoms with van der Waals surface area (Å²) in [6.07, 6.45) is 7.15. The molecule has 8 heteroatoms. The highest BCUT2D eigenvalue weighted by molar-refractivity contribution is 5.67. The van der Waals surface area contributed by atoms with E-state index < -0.39 is 0 Å². The van der Waals surface area contributed by atoms with Gasteiger partial charge < -0.3 is 10.6 Å². The van der Waals surface area contributed by atoms with Crippen LogP contribution in [0.4, 0.5) is 23.4 Å². The smallest absolute Gasteiger partial charge is 0.234 e. The molecule has 2 N–H and O–H groups in total. The number of aryl methyl sites for hydroxylation is 2. The number of hydrogen-bond donors (Lipinski definition) is 2. The van der Waals surface area contributed by atoms with Gasteiger partial charge in [-0.15, -0.1) is 0 Å². The van der Waals surface area contributed by atoms with Crippen LogP contribution in [0.15, 0.2) is 42.9 Å². The van der Waals surface area contributed by atoms with Crippen LogP contribution in [-0.2, 0) is 0 Å². The quantitative estimate of drug-likeness (QED) is 0.672. The van der Waals surface area contributed by atoms with Crippen molar-refractivity contribution < 1.29 is 0 Å². The summed E-state index contributed by atoms with van der Waals surface area (Å²) in [5, 5.41) is 16.0. The topological polar surface area (TPSA) is 103 Å². The van der Waals surface area contributed by atoms with Crippen LogP contribution in [0.25, 0.3) is 0 Å². The van der Waals surface area contributed by atoms with E-state index in [1.165, 1.54) is 0 Å². The summed E-state index contributed by atoms with van der Waals surface area (Å²) in [6, 6.07) is 9.81. The number of anilines is 4. The van der Waals surface area contributed by atoms with Gasteiger partial charge in [0, 0.05) is 30.3 Å². The Morgan fingerprint density at radius 2 is 1.70 bits per heavy atom. The first-order valence-corrected chi connectivity index (χ1v) is 10.0. The van der Waals surface area contributed by atoms with Gasteiger partial charge in [-0.1, -0.05) is 0 Å². The second-order valence-electron chi connectivity index (χ2n) is 7.36. The molecule has 0 amide bonds. The molecule has 1 fully saturated rings. The van der Waals surface area contributed by atoms with Gasteiger partial charge in [0.15, 0.2) is 0 Å². The molecule has 30 heavy (non-hydrogen) atoms. The maximum atomic E-state index is 9.18. The van der Waals surface area contributed by atoms with Gasteiger partial charge in [-0.25, -0.2) is 15.0 Å². The summed E-state index contributed by atoms with van der Waals surface area (Å²) in [6.45, 7) is 5.85. The number of rotatable bonds is 5. The highest BCUT2D eigenvalue weighted by atomic mass is 15.4. The van der Waals surface area contributed by atoms with Crippen molar-refractivity contribution in [1.82, 2.24) is 25.3 Å². The van der Waals surface area contributed by atoms with E-state index in [4.69, 9.17) is 4.98 Å². The summed E-state index contributed by atoms with van der Waals surface area (Å²) in [7, 11) is 0. The van der Waals surface area contributed by atoms with Crippen LogP contribution < -0.4 is 15.5 Å². The van der Waals surface area contributed by atoms with Crippen LogP contribution in [-0.4, -0.2) is 39.1 Å². The normalized spacial score (nSPS) is 14.2. The molecule has 152 valence electrons. The maximum Gasteiger partial charge on any atom is 0.234 e. The largest absolute Gasteiger partial charge is 0.340 e. The zero-order valence-corrected chi connectivity index (χ0v) is 17.1. The molecule has 0 aliphatic carbocycles. The Bertz CT molecular complexity index is 1030. The number of aromatic nitrogens is 4. The zero-order chi connectivity index (χ0) is 20.9. The average molecular weight is 400 g/mol. The monoisotopic (exact) mass is 400 g/mol. The highest BCUT2D eigenvalue weighted by Gasteiger charge is 2.27. The molecule has 0 spiro atoms. The van der Waals surface area contributed by atoms with Gasteiger partial charge in [-0.2, -0.15) is 10.2 Å². The summed E-state index contributed by atoms with van der Waals surface area (Å²) >= 11 is 0. The van der Waals surface area contributed by atoms with Gasteiger partial charge in [-0.05, 0) is 75.2 Å². The van der Waals surface area contributed by atoms with E-state index in [0.29, 0.717) is 23.3 Å². The van der Waals surface area contributed by atoms with E-state index in [2.05, 4.69) is 31.7 Å². The minimum atomic E-state index is 0.224. The van der Waals surface area contributed by atoms with Crippen LogP contribution >= 0.6 is 0 Å². The molecule has 3 aromatic rings. The van der Waals surface area contributed by atoms with Crippen molar-refractivity contribution in [2.45, 2.75) is 32.7 Å². The van der Waals surface area contributed by atoms with Crippen LogP contribution in [0.1, 0.15) is 29.5 Å². The molecule has 1 saturated heterocycles. The Labute approximate surface area is 176 Å². The van der Waals surface area contributed by atoms with Gasteiger partial charge in [0.1, 0.15) is 5.82 Å². The Hall–Kier alpha value is -3.57. The van der Waals surface area contributed by atoms with E-state index >= 15 is 0 Å². The molecule has 0 bridgehead atoms. The third-order valence-electron chi connectivity index (χ3n) is 5.21. The zero-order valence-electron chi connectivity index (χ0n) is 17.1. The van der Waals surface area contributed by atoms with Crippen LogP contribution in [0, 0.1) is 25.2 Å². The number of piperidine rings is 1. The fraction of sp³-hybridized carbons (Fsp3) is 0.318. The van der Waals surface area contributed by atoms with Crippen molar-refractivity contribution in [3.63, 3.8) is 0 Å². The van der Waals surface area contributed by atoms with Gasteiger partial charge in [0.25, 0.3) is 0 Å². The molecule has 2 aromatic heterocycles. The van der Waals surface area contributed by atoms with Gasteiger partial charge in [0.05, 0.1) is 11.6 Å². The highest BCUT2D eigenvalue weighted by Crippen LogP contribution is 2.28. The van der Waals surface area contributed by atoms with E-state index in [1.807, 2.05) is 36.9 Å². The van der Waals surface area contributed by atoms with E-state index in [1.54, 1.807) is 24.7 Å². The molecule has 8 nitrogen and oxygen atoms in total. The summed E-state index contributed by atoms with van der Waals surface area (Å²) in [5.41, 5.74) is 3.59. The molecule has 1 aliphatic heterocycles. The van der Waals surface area contributed by atoms with Gasteiger partial charge in [-0.3, -0.25) is 4.90 Å². The molecular weight excluding hydrogens is 376 g/mol. The Balaban J connectivity index is 1.68. The third kappa shape index (κ3) is 4.21. The number of nitrogens with one attached hydrogen (secondary N) is 2. The molecule has 0 radical (unpaired) electrons. The lowest BCUT2D eigenvalue weighted by Crippen LogP contribution is -2.42. The molecule has 1 aliphatic rings. The fourth-order valence-electron chi connectivity index (χ4n) is 3.78. The van der Waals surface area contributed by atoms with Crippen LogP contribution in [0.5, 0.6) is 0 Å². The standard InChI is InChI=1S/C22H24N8/c1-15-12-17(14-23)13-16(2)20(15)28-19-6-11-27-22(29-19)30(18-4-9-24-10-5-18)21-25-7-3-8-26-21/h3,6-8,11-13,18,24H,4-5,9-10H2,1-2H3,(H,27,28,29). The summed E-state index contributed by atoms with van der Waals surface area (Å²) < 4.78 is 0. The summed E-state index contributed by atoms with van der Waals surface area (Å²) in [5.74, 6) is 1.86. The molecule has 0 atom stereocenters. The fourth-order valence-corrected chi connectivity index (χ4v) is 3.78. The molecule has 4 rings (SSSR count). The van der Waals surface area contributed by atoms with Gasteiger partial charge >= 0.3 is 0 Å². The van der Waals surface area contributed by atoms with E-state index in [0.717, 1.165) is 42.7 Å².